The van der Waals surface area contributed by atoms with E-state index in [9.17, 15) is 15.3 Å². The number of methoxy groups -OCH3 is 2. The molecule has 3 N–H and O–H groups in total. The normalized spacial score (nSPS) is 16.9. The molecule has 0 radical (unpaired) electrons. The summed E-state index contributed by atoms with van der Waals surface area (Å²) in [6.07, 6.45) is 21.3. The van der Waals surface area contributed by atoms with E-state index >= 15 is 0 Å². The Morgan fingerprint density at radius 3 is 1.45 bits per heavy atom. The van der Waals surface area contributed by atoms with Crippen molar-refractivity contribution in [2.75, 3.05) is 20.8 Å². The SMILES string of the molecule is CCCCCCCCCCCCCCCCCCOC(O)C(C)(C)CCC(CC(C)(CC)C(O)OC)C(O)OC. The number of hydrogen-bond acceptors (Lipinski definition) is 6. The monoisotopic (exact) mass is 575 g/mol. The van der Waals surface area contributed by atoms with E-state index in [1.807, 2.05) is 27.7 Å². The molecule has 0 heterocycles. The summed E-state index contributed by atoms with van der Waals surface area (Å²) in [6.45, 7) is 10.8. The van der Waals surface area contributed by atoms with Crippen LogP contribution >= 0.6 is 0 Å². The summed E-state index contributed by atoms with van der Waals surface area (Å²) in [4.78, 5) is 0. The third-order valence-corrected chi connectivity index (χ3v) is 9.10. The zero-order valence-corrected chi connectivity index (χ0v) is 27.7. The molecule has 0 aliphatic heterocycles. The summed E-state index contributed by atoms with van der Waals surface area (Å²) in [5.41, 5.74) is -0.950. The molecule has 6 heteroatoms. The first-order chi connectivity index (χ1) is 19.1. The fourth-order valence-electron chi connectivity index (χ4n) is 5.59. The van der Waals surface area contributed by atoms with Crippen molar-refractivity contribution in [2.45, 2.75) is 182 Å². The summed E-state index contributed by atoms with van der Waals surface area (Å²) >= 11 is 0. The number of aliphatic hydroxyl groups excluding tert-OH is 3. The van der Waals surface area contributed by atoms with Crippen molar-refractivity contribution in [3.8, 4) is 0 Å². The predicted molar refractivity (Wildman–Crippen MR) is 167 cm³/mol. The Labute approximate surface area is 249 Å². The first kappa shape index (κ1) is 39.8. The molecule has 0 saturated carbocycles. The van der Waals surface area contributed by atoms with Crippen LogP contribution in [0.1, 0.15) is 163 Å². The van der Waals surface area contributed by atoms with Crippen LogP contribution in [0.5, 0.6) is 0 Å². The predicted octanol–water partition coefficient (Wildman–Crippen LogP) is 8.74. The standard InChI is InChI=1S/C34H70O6/c1-8-10-11-12-13-14-15-16-17-18-19-20-21-22-23-24-27-40-31(36)33(3,4)26-25-29(30(35)38-6)28-34(5,9-2)32(37)39-7/h29-32,35-37H,8-28H2,1-7H3. The fraction of sp³-hybridized carbons (Fsp3) is 1.00. The van der Waals surface area contributed by atoms with Gasteiger partial charge in [-0.05, 0) is 32.1 Å². The van der Waals surface area contributed by atoms with Gasteiger partial charge in [0.25, 0.3) is 0 Å². The van der Waals surface area contributed by atoms with Crippen molar-refractivity contribution >= 4 is 0 Å². The van der Waals surface area contributed by atoms with E-state index in [0.717, 1.165) is 12.8 Å². The molecular formula is C34H70O6. The van der Waals surface area contributed by atoms with Crippen molar-refractivity contribution in [1.29, 1.82) is 0 Å². The molecule has 0 amide bonds. The molecule has 242 valence electrons. The molecular weight excluding hydrogens is 504 g/mol. The smallest absolute Gasteiger partial charge is 0.159 e. The summed E-state index contributed by atoms with van der Waals surface area (Å²) in [6, 6.07) is 0. The highest BCUT2D eigenvalue weighted by atomic mass is 16.6. The van der Waals surface area contributed by atoms with E-state index in [1.165, 1.54) is 104 Å². The first-order valence-corrected chi connectivity index (χ1v) is 16.8. The van der Waals surface area contributed by atoms with Crippen LogP contribution in [0.4, 0.5) is 0 Å². The van der Waals surface area contributed by atoms with Gasteiger partial charge >= 0.3 is 0 Å². The van der Waals surface area contributed by atoms with Crippen LogP contribution in [0.15, 0.2) is 0 Å². The minimum atomic E-state index is -0.936. The van der Waals surface area contributed by atoms with Gasteiger partial charge in [-0.2, -0.15) is 0 Å². The van der Waals surface area contributed by atoms with Gasteiger partial charge in [0.1, 0.15) is 0 Å². The molecule has 0 spiro atoms. The van der Waals surface area contributed by atoms with Crippen LogP contribution in [0.2, 0.25) is 0 Å². The highest BCUT2D eigenvalue weighted by molar-refractivity contribution is 4.82. The second kappa shape index (κ2) is 24.2. The average Bonchev–Trinajstić information content (AvgIpc) is 2.95. The molecule has 0 bridgehead atoms. The molecule has 5 atom stereocenters. The summed E-state index contributed by atoms with van der Waals surface area (Å²) in [5, 5.41) is 31.6. The lowest BCUT2D eigenvalue weighted by molar-refractivity contribution is -0.186. The van der Waals surface area contributed by atoms with Crippen LogP contribution in [0.3, 0.4) is 0 Å². The number of hydrogen-bond donors (Lipinski definition) is 3. The molecule has 40 heavy (non-hydrogen) atoms. The van der Waals surface area contributed by atoms with Crippen molar-refractivity contribution in [3.63, 3.8) is 0 Å². The van der Waals surface area contributed by atoms with Gasteiger partial charge in [-0.3, -0.25) is 0 Å². The Balaban J connectivity index is 4.05. The van der Waals surface area contributed by atoms with Gasteiger partial charge in [-0.25, -0.2) is 0 Å². The Morgan fingerprint density at radius 2 is 1.05 bits per heavy atom. The Hall–Kier alpha value is -0.240. The maximum Gasteiger partial charge on any atom is 0.159 e. The molecule has 0 aromatic rings. The third-order valence-electron chi connectivity index (χ3n) is 9.10. The lowest BCUT2D eigenvalue weighted by Gasteiger charge is -2.38. The minimum Gasteiger partial charge on any atom is -0.368 e. The van der Waals surface area contributed by atoms with Crippen LogP contribution < -0.4 is 0 Å². The molecule has 0 aliphatic rings. The second-order valence-electron chi connectivity index (χ2n) is 13.2. The lowest BCUT2D eigenvalue weighted by Crippen LogP contribution is -2.39. The molecule has 6 nitrogen and oxygen atoms in total. The molecule has 0 aromatic heterocycles. The number of ether oxygens (including phenoxy) is 3. The Morgan fingerprint density at radius 1 is 0.600 bits per heavy atom. The van der Waals surface area contributed by atoms with Crippen molar-refractivity contribution < 1.29 is 29.5 Å². The molecule has 0 aromatic carbocycles. The third kappa shape index (κ3) is 18.3. The van der Waals surface area contributed by atoms with Crippen molar-refractivity contribution in [2.24, 2.45) is 16.7 Å². The number of aliphatic hydroxyl groups is 3. The number of unbranched alkanes of at least 4 members (excludes halogenated alkanes) is 15. The Bertz CT molecular complexity index is 557. The maximum absolute atomic E-state index is 10.7. The lowest BCUT2D eigenvalue weighted by atomic mass is 9.74. The highest BCUT2D eigenvalue weighted by Gasteiger charge is 2.38. The van der Waals surface area contributed by atoms with E-state index in [-0.39, 0.29) is 5.92 Å². The largest absolute Gasteiger partial charge is 0.368 e. The quantitative estimate of drug-likeness (QED) is 0.0611. The fourth-order valence-corrected chi connectivity index (χ4v) is 5.59. The van der Waals surface area contributed by atoms with Gasteiger partial charge in [0.05, 0.1) is 0 Å². The van der Waals surface area contributed by atoms with Crippen LogP contribution in [0, 0.1) is 16.7 Å². The molecule has 0 saturated heterocycles. The highest BCUT2D eigenvalue weighted by Crippen LogP contribution is 2.39. The van der Waals surface area contributed by atoms with Gasteiger partial charge in [-0.15, -0.1) is 0 Å². The van der Waals surface area contributed by atoms with Crippen molar-refractivity contribution in [1.82, 2.24) is 0 Å². The molecule has 0 fully saturated rings. The summed E-state index contributed by atoms with van der Waals surface area (Å²) in [7, 11) is 2.99. The zero-order valence-electron chi connectivity index (χ0n) is 27.7. The summed E-state index contributed by atoms with van der Waals surface area (Å²) in [5.74, 6) is -0.188. The molecule has 0 aliphatic carbocycles. The van der Waals surface area contributed by atoms with Gasteiger partial charge in [0, 0.05) is 37.6 Å². The van der Waals surface area contributed by atoms with E-state index in [1.54, 1.807) is 0 Å². The zero-order chi connectivity index (χ0) is 30.3. The Kier molecular flexibility index (Phi) is 24.1. The van der Waals surface area contributed by atoms with E-state index in [0.29, 0.717) is 32.3 Å². The van der Waals surface area contributed by atoms with Crippen LogP contribution in [-0.4, -0.2) is 55.0 Å². The topological polar surface area (TPSA) is 88.4 Å². The molecule has 0 rings (SSSR count). The van der Waals surface area contributed by atoms with Gasteiger partial charge < -0.3 is 29.5 Å². The van der Waals surface area contributed by atoms with Crippen LogP contribution in [0.25, 0.3) is 0 Å². The second-order valence-corrected chi connectivity index (χ2v) is 13.2. The summed E-state index contributed by atoms with van der Waals surface area (Å²) < 4.78 is 16.3. The van der Waals surface area contributed by atoms with Gasteiger partial charge in [0.15, 0.2) is 18.9 Å². The van der Waals surface area contributed by atoms with Crippen molar-refractivity contribution in [3.05, 3.63) is 0 Å². The molecule has 5 unspecified atom stereocenters. The maximum atomic E-state index is 10.7. The number of rotatable bonds is 29. The van der Waals surface area contributed by atoms with E-state index in [2.05, 4.69) is 6.92 Å². The van der Waals surface area contributed by atoms with Crippen LogP contribution in [-0.2, 0) is 14.2 Å². The minimum absolute atomic E-state index is 0.188. The van der Waals surface area contributed by atoms with E-state index in [4.69, 9.17) is 14.2 Å². The van der Waals surface area contributed by atoms with E-state index < -0.39 is 29.7 Å². The average molecular weight is 575 g/mol. The van der Waals surface area contributed by atoms with Gasteiger partial charge in [0.2, 0.25) is 0 Å². The first-order valence-electron chi connectivity index (χ1n) is 16.8. The van der Waals surface area contributed by atoms with Gasteiger partial charge in [-0.1, -0.05) is 131 Å².